The Morgan fingerprint density at radius 1 is 1.36 bits per heavy atom. The van der Waals surface area contributed by atoms with Crippen molar-refractivity contribution in [2.75, 3.05) is 32.1 Å². The predicted molar refractivity (Wildman–Crippen MR) is 83.6 cm³/mol. The van der Waals surface area contributed by atoms with Crippen molar-refractivity contribution in [2.24, 2.45) is 11.8 Å². The number of nitrogens with zero attached hydrogens (tertiary/aromatic N) is 1. The van der Waals surface area contributed by atoms with Gasteiger partial charge in [-0.25, -0.2) is 0 Å². The lowest BCUT2D eigenvalue weighted by molar-refractivity contribution is -0.126. The number of para-hydroxylation sites is 2. The fraction of sp³-hybridized carbons (Fsp3) is 0.500. The second-order valence-electron chi connectivity index (χ2n) is 5.54. The van der Waals surface area contributed by atoms with E-state index in [1.54, 1.807) is 7.05 Å². The van der Waals surface area contributed by atoms with Crippen molar-refractivity contribution >= 4 is 23.0 Å². The standard InChI is InChI=1S/C16H21N3O3/c1-17-15(20)12(11-6-8-21-9-7-11)10-18-16-19-13-4-2-3-5-14(13)22-16/h2-5,11-12H,6-10H2,1H3,(H,17,20)(H,18,19). The van der Waals surface area contributed by atoms with Gasteiger partial charge in [0.2, 0.25) is 5.91 Å². The SMILES string of the molecule is CNC(=O)C(CNc1nc2ccccc2o1)C1CCOCC1. The number of nitrogens with one attached hydrogen (secondary N) is 2. The molecule has 1 aliphatic heterocycles. The highest BCUT2D eigenvalue weighted by Crippen LogP contribution is 2.25. The molecule has 0 spiro atoms. The molecule has 0 aliphatic carbocycles. The third kappa shape index (κ3) is 3.22. The van der Waals surface area contributed by atoms with E-state index in [-0.39, 0.29) is 11.8 Å². The molecule has 2 N–H and O–H groups in total. The Kier molecular flexibility index (Phi) is 4.58. The van der Waals surface area contributed by atoms with Crippen LogP contribution in [0.2, 0.25) is 0 Å². The summed E-state index contributed by atoms with van der Waals surface area (Å²) in [4.78, 5) is 16.5. The molecule has 2 aromatic rings. The zero-order valence-corrected chi connectivity index (χ0v) is 12.7. The number of hydrogen-bond acceptors (Lipinski definition) is 5. The van der Waals surface area contributed by atoms with Gasteiger partial charge in [0.25, 0.3) is 6.01 Å². The molecule has 1 amide bonds. The van der Waals surface area contributed by atoms with Gasteiger partial charge in [0.1, 0.15) is 5.52 Å². The van der Waals surface area contributed by atoms with Crippen LogP contribution in [0.1, 0.15) is 12.8 Å². The van der Waals surface area contributed by atoms with Gasteiger partial charge in [0, 0.05) is 26.8 Å². The average Bonchev–Trinajstić information content (AvgIpc) is 2.98. The quantitative estimate of drug-likeness (QED) is 0.884. The minimum absolute atomic E-state index is 0.0514. The number of carbonyl (C=O) groups excluding carboxylic acids is 1. The van der Waals surface area contributed by atoms with Gasteiger partial charge in [0.15, 0.2) is 5.58 Å². The number of fused-ring (bicyclic) bond motifs is 1. The van der Waals surface area contributed by atoms with Crippen molar-refractivity contribution in [1.82, 2.24) is 10.3 Å². The number of anilines is 1. The number of oxazole rings is 1. The highest BCUT2D eigenvalue weighted by atomic mass is 16.5. The first-order chi connectivity index (χ1) is 10.8. The van der Waals surface area contributed by atoms with Crippen LogP contribution in [0.15, 0.2) is 28.7 Å². The van der Waals surface area contributed by atoms with Gasteiger partial charge in [-0.1, -0.05) is 12.1 Å². The first-order valence-electron chi connectivity index (χ1n) is 7.66. The third-order valence-electron chi connectivity index (χ3n) is 4.19. The summed E-state index contributed by atoms with van der Waals surface area (Å²) in [7, 11) is 1.67. The van der Waals surface area contributed by atoms with Crippen molar-refractivity contribution < 1.29 is 13.9 Å². The van der Waals surface area contributed by atoms with E-state index in [0.717, 1.165) is 37.2 Å². The van der Waals surface area contributed by atoms with Gasteiger partial charge >= 0.3 is 0 Å². The van der Waals surface area contributed by atoms with Crippen LogP contribution in [0, 0.1) is 11.8 Å². The molecule has 6 nitrogen and oxygen atoms in total. The smallest absolute Gasteiger partial charge is 0.295 e. The molecule has 1 fully saturated rings. The molecule has 0 saturated carbocycles. The summed E-state index contributed by atoms with van der Waals surface area (Å²) in [5, 5.41) is 5.92. The number of aromatic nitrogens is 1. The van der Waals surface area contributed by atoms with Crippen molar-refractivity contribution in [3.63, 3.8) is 0 Å². The van der Waals surface area contributed by atoms with Gasteiger partial charge in [-0.15, -0.1) is 0 Å². The molecular formula is C16H21N3O3. The maximum Gasteiger partial charge on any atom is 0.295 e. The molecule has 3 rings (SSSR count). The van der Waals surface area contributed by atoms with E-state index >= 15 is 0 Å². The highest BCUT2D eigenvalue weighted by Gasteiger charge is 2.29. The van der Waals surface area contributed by atoms with Gasteiger partial charge in [0.05, 0.1) is 5.92 Å². The minimum atomic E-state index is -0.107. The number of rotatable bonds is 5. The summed E-state index contributed by atoms with van der Waals surface area (Å²) in [6.07, 6.45) is 1.82. The molecule has 6 heteroatoms. The molecule has 118 valence electrons. The number of hydrogen-bond donors (Lipinski definition) is 2. The molecule has 1 saturated heterocycles. The van der Waals surface area contributed by atoms with Crippen LogP contribution in [0.25, 0.3) is 11.1 Å². The Hall–Kier alpha value is -2.08. The normalized spacial score (nSPS) is 17.3. The molecule has 22 heavy (non-hydrogen) atoms. The fourth-order valence-corrected chi connectivity index (χ4v) is 2.92. The summed E-state index contributed by atoms with van der Waals surface area (Å²) >= 11 is 0. The Balaban J connectivity index is 1.68. The van der Waals surface area contributed by atoms with E-state index < -0.39 is 0 Å². The van der Waals surface area contributed by atoms with Crippen LogP contribution in [0.4, 0.5) is 6.01 Å². The molecular weight excluding hydrogens is 282 g/mol. The molecule has 1 aromatic carbocycles. The lowest BCUT2D eigenvalue weighted by atomic mass is 9.85. The highest BCUT2D eigenvalue weighted by molar-refractivity contribution is 5.79. The van der Waals surface area contributed by atoms with E-state index in [9.17, 15) is 4.79 Å². The summed E-state index contributed by atoms with van der Waals surface area (Å²) in [6.45, 7) is 1.96. The second-order valence-corrected chi connectivity index (χ2v) is 5.54. The number of benzene rings is 1. The summed E-state index contributed by atoms with van der Waals surface area (Å²) in [5.74, 6) is 0.269. The van der Waals surface area contributed by atoms with E-state index in [2.05, 4.69) is 15.6 Å². The largest absolute Gasteiger partial charge is 0.424 e. The van der Waals surface area contributed by atoms with Crippen LogP contribution in [0.5, 0.6) is 0 Å². The Bertz CT molecular complexity index is 601. The first kappa shape index (κ1) is 14.8. The van der Waals surface area contributed by atoms with E-state index in [1.807, 2.05) is 24.3 Å². The van der Waals surface area contributed by atoms with Crippen LogP contribution in [-0.2, 0) is 9.53 Å². The topological polar surface area (TPSA) is 76.4 Å². The Labute approximate surface area is 129 Å². The maximum atomic E-state index is 12.2. The second kappa shape index (κ2) is 6.79. The van der Waals surface area contributed by atoms with Crippen molar-refractivity contribution in [1.29, 1.82) is 0 Å². The molecule has 0 radical (unpaired) electrons. The van der Waals surface area contributed by atoms with Crippen molar-refractivity contribution in [3.8, 4) is 0 Å². The summed E-state index contributed by atoms with van der Waals surface area (Å²) < 4.78 is 11.0. The average molecular weight is 303 g/mol. The van der Waals surface area contributed by atoms with Gasteiger partial charge in [-0.3, -0.25) is 4.79 Å². The van der Waals surface area contributed by atoms with E-state index in [0.29, 0.717) is 18.5 Å². The molecule has 1 aliphatic rings. The lowest BCUT2D eigenvalue weighted by Crippen LogP contribution is -2.39. The van der Waals surface area contributed by atoms with Crippen LogP contribution in [0.3, 0.4) is 0 Å². The van der Waals surface area contributed by atoms with Gasteiger partial charge in [-0.2, -0.15) is 4.98 Å². The Morgan fingerprint density at radius 3 is 2.86 bits per heavy atom. The molecule has 1 atom stereocenters. The summed E-state index contributed by atoms with van der Waals surface area (Å²) in [6, 6.07) is 8.07. The zero-order chi connectivity index (χ0) is 15.4. The fourth-order valence-electron chi connectivity index (χ4n) is 2.92. The van der Waals surface area contributed by atoms with E-state index in [4.69, 9.17) is 9.15 Å². The van der Waals surface area contributed by atoms with Crippen LogP contribution >= 0.6 is 0 Å². The maximum absolute atomic E-state index is 12.2. The first-order valence-corrected chi connectivity index (χ1v) is 7.66. The Morgan fingerprint density at radius 2 is 2.14 bits per heavy atom. The lowest BCUT2D eigenvalue weighted by Gasteiger charge is -2.29. The zero-order valence-electron chi connectivity index (χ0n) is 12.7. The summed E-state index contributed by atoms with van der Waals surface area (Å²) in [5.41, 5.74) is 1.56. The van der Waals surface area contributed by atoms with Crippen LogP contribution in [-0.4, -0.2) is 37.7 Å². The molecule has 1 aromatic heterocycles. The van der Waals surface area contributed by atoms with Crippen molar-refractivity contribution in [2.45, 2.75) is 12.8 Å². The van der Waals surface area contributed by atoms with E-state index in [1.165, 1.54) is 0 Å². The van der Waals surface area contributed by atoms with Crippen molar-refractivity contribution in [3.05, 3.63) is 24.3 Å². The third-order valence-corrected chi connectivity index (χ3v) is 4.19. The van der Waals surface area contributed by atoms with Crippen LogP contribution < -0.4 is 10.6 Å². The number of carbonyl (C=O) groups is 1. The minimum Gasteiger partial charge on any atom is -0.424 e. The number of ether oxygens (including phenoxy) is 1. The monoisotopic (exact) mass is 303 g/mol. The molecule has 0 bridgehead atoms. The molecule has 2 heterocycles. The van der Waals surface area contributed by atoms with Gasteiger partial charge < -0.3 is 19.8 Å². The van der Waals surface area contributed by atoms with Gasteiger partial charge in [-0.05, 0) is 30.9 Å². The predicted octanol–water partition coefficient (Wildman–Crippen LogP) is 2.03. The number of amides is 1. The molecule has 1 unspecified atom stereocenters.